The molecule has 0 amide bonds. The maximum atomic E-state index is 12.9. The fourth-order valence-corrected chi connectivity index (χ4v) is 4.16. The molecule has 1 N–H and O–H groups in total. The third-order valence-corrected chi connectivity index (χ3v) is 6.02. The minimum absolute atomic E-state index is 0.124. The number of fused-ring (bicyclic) bond motifs is 1. The molecule has 2 aromatic carbocycles. The van der Waals surface area contributed by atoms with Gasteiger partial charge in [-0.05, 0) is 41.7 Å². The van der Waals surface area contributed by atoms with E-state index in [9.17, 15) is 9.90 Å². The summed E-state index contributed by atoms with van der Waals surface area (Å²) >= 11 is 0. The molecule has 2 aromatic rings. The van der Waals surface area contributed by atoms with Crippen LogP contribution in [0, 0.1) is 11.8 Å². The van der Waals surface area contributed by atoms with Crippen molar-refractivity contribution in [2.24, 2.45) is 11.8 Å². The molecule has 0 radical (unpaired) electrons. The summed E-state index contributed by atoms with van der Waals surface area (Å²) in [5, 5.41) is 10.5. The van der Waals surface area contributed by atoms with Gasteiger partial charge >= 0.3 is 0 Å². The summed E-state index contributed by atoms with van der Waals surface area (Å²) in [4.78, 5) is 12.9. The number of phenols is 1. The van der Waals surface area contributed by atoms with Crippen LogP contribution in [-0.2, 0) is 11.3 Å². The monoisotopic (exact) mass is 464 g/mol. The highest BCUT2D eigenvalue weighted by Crippen LogP contribution is 2.41. The van der Waals surface area contributed by atoms with Crippen LogP contribution in [0.3, 0.4) is 0 Å². The number of hydrogen-bond acceptors (Lipinski definition) is 6. The maximum Gasteiger partial charge on any atom is 0.174 e. The molecule has 6 heteroatoms. The van der Waals surface area contributed by atoms with Crippen LogP contribution in [-0.4, -0.2) is 30.7 Å². The zero-order valence-corrected chi connectivity index (χ0v) is 20.2. The summed E-state index contributed by atoms with van der Waals surface area (Å²) < 4.78 is 23.2. The summed E-state index contributed by atoms with van der Waals surface area (Å²) in [5.41, 5.74) is 2.22. The molecule has 0 bridgehead atoms. The minimum Gasteiger partial charge on any atom is -0.507 e. The molecule has 0 saturated heterocycles. The van der Waals surface area contributed by atoms with Crippen LogP contribution in [0.2, 0.25) is 0 Å². The van der Waals surface area contributed by atoms with Crippen LogP contribution in [0.5, 0.6) is 23.0 Å². The Balaban J connectivity index is 1.49. The second kappa shape index (κ2) is 10.2. The topological polar surface area (TPSA) is 74.2 Å². The van der Waals surface area contributed by atoms with Crippen molar-refractivity contribution in [3.63, 3.8) is 0 Å². The Kier molecular flexibility index (Phi) is 7.15. The van der Waals surface area contributed by atoms with Crippen LogP contribution in [0.15, 0.2) is 59.9 Å². The van der Waals surface area contributed by atoms with Gasteiger partial charge in [-0.1, -0.05) is 39.0 Å². The van der Waals surface area contributed by atoms with E-state index < -0.39 is 0 Å². The van der Waals surface area contributed by atoms with Gasteiger partial charge in [0, 0.05) is 18.1 Å². The number of methoxy groups -OCH3 is 1. The molecule has 2 aliphatic rings. The molecule has 4 rings (SSSR count). The summed E-state index contributed by atoms with van der Waals surface area (Å²) in [6, 6.07) is 10.7. The zero-order valence-electron chi connectivity index (χ0n) is 20.2. The summed E-state index contributed by atoms with van der Waals surface area (Å²) in [5.74, 6) is 2.95. The van der Waals surface area contributed by atoms with E-state index in [4.69, 9.17) is 18.9 Å². The molecular formula is C28H32O6. The predicted molar refractivity (Wildman–Crippen MR) is 130 cm³/mol. The number of carbonyl (C=O) groups is 1. The fraction of sp³-hybridized carbons (Fsp3) is 0.393. The average Bonchev–Trinajstić information content (AvgIpc) is 2.81. The molecule has 0 spiro atoms. The summed E-state index contributed by atoms with van der Waals surface area (Å²) in [6.07, 6.45) is 4.57. The van der Waals surface area contributed by atoms with E-state index in [2.05, 4.69) is 20.8 Å². The number of carbonyl (C=O) groups excluding carboxylic acids is 1. The first-order valence-electron chi connectivity index (χ1n) is 11.7. The van der Waals surface area contributed by atoms with Crippen molar-refractivity contribution in [3.8, 4) is 23.0 Å². The van der Waals surface area contributed by atoms with Gasteiger partial charge in [0.15, 0.2) is 5.78 Å². The van der Waals surface area contributed by atoms with Crippen molar-refractivity contribution in [1.29, 1.82) is 0 Å². The van der Waals surface area contributed by atoms with Gasteiger partial charge in [-0.25, -0.2) is 0 Å². The normalized spacial score (nSPS) is 19.6. The highest BCUT2D eigenvalue weighted by molar-refractivity contribution is 6.03. The van der Waals surface area contributed by atoms with Gasteiger partial charge in [-0.3, -0.25) is 4.79 Å². The zero-order chi connectivity index (χ0) is 24.2. The van der Waals surface area contributed by atoms with Crippen LogP contribution in [0.1, 0.15) is 49.5 Å². The SMILES string of the molecule is COc1ccc(COc2cc(O)c3c(c2)OC(C2=CC=C(OCC(C)C)C(C)C2)CC3=O)cc1. The predicted octanol–water partition coefficient (Wildman–Crippen LogP) is 5.84. The van der Waals surface area contributed by atoms with Gasteiger partial charge in [0.05, 0.1) is 25.9 Å². The minimum atomic E-state index is -0.374. The van der Waals surface area contributed by atoms with Gasteiger partial charge in [0.2, 0.25) is 0 Å². The number of allylic oxidation sites excluding steroid dienone is 3. The Labute approximate surface area is 200 Å². The lowest BCUT2D eigenvalue weighted by Gasteiger charge is -2.31. The van der Waals surface area contributed by atoms with E-state index in [1.165, 1.54) is 6.07 Å². The molecule has 34 heavy (non-hydrogen) atoms. The molecule has 0 saturated carbocycles. The van der Waals surface area contributed by atoms with Crippen molar-refractivity contribution >= 4 is 5.78 Å². The molecule has 2 atom stereocenters. The molecule has 2 unspecified atom stereocenters. The highest BCUT2D eigenvalue weighted by Gasteiger charge is 2.33. The Hall–Kier alpha value is -3.41. The highest BCUT2D eigenvalue weighted by atomic mass is 16.5. The van der Waals surface area contributed by atoms with Crippen LogP contribution >= 0.6 is 0 Å². The molecule has 1 heterocycles. The number of ketones is 1. The van der Waals surface area contributed by atoms with Crippen LogP contribution < -0.4 is 14.2 Å². The lowest BCUT2D eigenvalue weighted by molar-refractivity contribution is 0.0871. The van der Waals surface area contributed by atoms with E-state index in [0.717, 1.165) is 29.1 Å². The summed E-state index contributed by atoms with van der Waals surface area (Å²) in [7, 11) is 1.62. The summed E-state index contributed by atoms with van der Waals surface area (Å²) in [6.45, 7) is 7.36. The fourth-order valence-electron chi connectivity index (χ4n) is 4.16. The molecule has 1 aliphatic carbocycles. The van der Waals surface area contributed by atoms with E-state index >= 15 is 0 Å². The number of aromatic hydroxyl groups is 1. The Morgan fingerprint density at radius 3 is 2.50 bits per heavy atom. The number of benzene rings is 2. The van der Waals surface area contributed by atoms with Crippen molar-refractivity contribution in [3.05, 3.63) is 71.0 Å². The smallest absolute Gasteiger partial charge is 0.174 e. The lowest BCUT2D eigenvalue weighted by Crippen LogP contribution is -2.30. The number of ether oxygens (including phenoxy) is 4. The van der Waals surface area contributed by atoms with Crippen molar-refractivity contribution in [1.82, 2.24) is 0 Å². The quantitative estimate of drug-likeness (QED) is 0.529. The largest absolute Gasteiger partial charge is 0.507 e. The Bertz CT molecular complexity index is 1100. The molecule has 1 aliphatic heterocycles. The van der Waals surface area contributed by atoms with E-state index in [1.54, 1.807) is 13.2 Å². The van der Waals surface area contributed by atoms with E-state index in [-0.39, 0.29) is 35.5 Å². The molecule has 0 fully saturated rings. The second-order valence-electron chi connectivity index (χ2n) is 9.31. The van der Waals surface area contributed by atoms with Crippen LogP contribution in [0.4, 0.5) is 0 Å². The van der Waals surface area contributed by atoms with Gasteiger partial charge < -0.3 is 24.1 Å². The Morgan fingerprint density at radius 2 is 1.82 bits per heavy atom. The number of hydrogen-bond donors (Lipinski definition) is 1. The molecule has 6 nitrogen and oxygen atoms in total. The van der Waals surface area contributed by atoms with E-state index in [0.29, 0.717) is 30.6 Å². The van der Waals surface area contributed by atoms with Crippen molar-refractivity contribution < 1.29 is 28.8 Å². The van der Waals surface area contributed by atoms with E-state index in [1.807, 2.05) is 36.4 Å². The number of phenolic OH excluding ortho intramolecular Hbond substituents is 1. The van der Waals surface area contributed by atoms with Gasteiger partial charge in [-0.2, -0.15) is 0 Å². The first kappa shape index (κ1) is 23.7. The lowest BCUT2D eigenvalue weighted by atomic mass is 9.87. The van der Waals surface area contributed by atoms with Crippen molar-refractivity contribution in [2.75, 3.05) is 13.7 Å². The Morgan fingerprint density at radius 1 is 1.06 bits per heavy atom. The maximum absolute atomic E-state index is 12.9. The number of Topliss-reactive ketones (excluding diaryl/α,β-unsaturated/α-hetero) is 1. The second-order valence-corrected chi connectivity index (χ2v) is 9.31. The van der Waals surface area contributed by atoms with Gasteiger partial charge in [0.25, 0.3) is 0 Å². The molecule has 180 valence electrons. The third kappa shape index (κ3) is 5.38. The van der Waals surface area contributed by atoms with Crippen molar-refractivity contribution in [2.45, 2.75) is 46.3 Å². The standard InChI is InChI=1S/C28H32O6/c1-17(2)15-33-25-10-7-20(11-18(25)3)26-14-24(30)28-23(29)12-22(13-27(28)34-26)32-16-19-5-8-21(31-4)9-6-19/h5-10,12-13,17-18,26,29H,11,14-16H2,1-4H3. The van der Waals surface area contributed by atoms with Gasteiger partial charge in [0.1, 0.15) is 41.3 Å². The third-order valence-electron chi connectivity index (χ3n) is 6.02. The molecular weight excluding hydrogens is 432 g/mol. The average molecular weight is 465 g/mol. The van der Waals surface area contributed by atoms with Crippen LogP contribution in [0.25, 0.3) is 0 Å². The first-order valence-corrected chi connectivity index (χ1v) is 11.7. The van der Waals surface area contributed by atoms with Gasteiger partial charge in [-0.15, -0.1) is 0 Å². The number of rotatable bonds is 8. The first-order chi connectivity index (χ1) is 16.3. The molecule has 0 aromatic heterocycles.